The first-order chi connectivity index (χ1) is 13.6. The lowest BCUT2D eigenvalue weighted by Crippen LogP contribution is -2.54. The van der Waals surface area contributed by atoms with E-state index >= 15 is 0 Å². The number of benzene rings is 1. The van der Waals surface area contributed by atoms with Gasteiger partial charge in [-0.25, -0.2) is 0 Å². The first-order valence-electron chi connectivity index (χ1n) is 9.93. The number of nitrogens with one attached hydrogen (secondary N) is 1. The molecule has 2 heterocycles. The van der Waals surface area contributed by atoms with E-state index in [9.17, 15) is 4.79 Å². The molecule has 150 valence electrons. The van der Waals surface area contributed by atoms with Gasteiger partial charge in [0.15, 0.2) is 11.7 Å². The van der Waals surface area contributed by atoms with E-state index < -0.39 is 0 Å². The predicted molar refractivity (Wildman–Crippen MR) is 112 cm³/mol. The predicted octanol–water partition coefficient (Wildman–Crippen LogP) is 3.05. The Bertz CT molecular complexity index is 763. The fourth-order valence-corrected chi connectivity index (χ4v) is 3.65. The highest BCUT2D eigenvalue weighted by molar-refractivity contribution is 5.91. The van der Waals surface area contributed by atoms with E-state index in [-0.39, 0.29) is 5.91 Å². The van der Waals surface area contributed by atoms with Crippen LogP contribution in [0, 0.1) is 5.92 Å². The fraction of sp³-hybridized carbons (Fsp3) is 0.455. The number of hydrogen-bond donors (Lipinski definition) is 1. The molecule has 1 aliphatic heterocycles. The molecular weight excluding hydrogens is 352 g/mol. The minimum atomic E-state index is -0.0449. The number of carbonyl (C=O) groups is 1. The smallest absolute Gasteiger partial charge is 0.289 e. The Morgan fingerprint density at radius 3 is 2.32 bits per heavy atom. The molecular formula is C22H30N4O2. The zero-order valence-electron chi connectivity index (χ0n) is 17.0. The van der Waals surface area contributed by atoms with Crippen molar-refractivity contribution >= 4 is 11.9 Å². The highest BCUT2D eigenvalue weighted by Gasteiger charge is 2.25. The summed E-state index contributed by atoms with van der Waals surface area (Å²) < 4.78 is 5.23. The first-order valence-corrected chi connectivity index (χ1v) is 9.93. The van der Waals surface area contributed by atoms with Gasteiger partial charge >= 0.3 is 0 Å². The molecule has 1 fully saturated rings. The molecule has 1 saturated heterocycles. The Hall–Kier alpha value is -2.76. The van der Waals surface area contributed by atoms with Crippen LogP contribution in [0.3, 0.4) is 0 Å². The van der Waals surface area contributed by atoms with Crippen molar-refractivity contribution in [3.8, 4) is 0 Å². The van der Waals surface area contributed by atoms with E-state index in [1.807, 2.05) is 11.9 Å². The van der Waals surface area contributed by atoms with Crippen LogP contribution in [-0.2, 0) is 0 Å². The molecule has 1 aromatic carbocycles. The quantitative estimate of drug-likeness (QED) is 0.638. The summed E-state index contributed by atoms with van der Waals surface area (Å²) in [5.74, 6) is 2.19. The van der Waals surface area contributed by atoms with E-state index in [1.54, 1.807) is 12.1 Å². The number of piperazine rings is 1. The van der Waals surface area contributed by atoms with Crippen molar-refractivity contribution in [3.05, 3.63) is 60.1 Å². The number of guanidine groups is 1. The van der Waals surface area contributed by atoms with Gasteiger partial charge in [0.2, 0.25) is 0 Å². The largest absolute Gasteiger partial charge is 0.459 e. The van der Waals surface area contributed by atoms with Crippen molar-refractivity contribution in [3.63, 3.8) is 0 Å². The first kappa shape index (κ1) is 20.0. The number of carbonyl (C=O) groups excluding carboxylic acids is 1. The van der Waals surface area contributed by atoms with Crippen molar-refractivity contribution in [2.24, 2.45) is 10.9 Å². The monoisotopic (exact) mass is 382 g/mol. The van der Waals surface area contributed by atoms with E-state index in [0.29, 0.717) is 30.7 Å². The Balaban J connectivity index is 1.55. The summed E-state index contributed by atoms with van der Waals surface area (Å²) in [5, 5.41) is 3.54. The third-order valence-corrected chi connectivity index (χ3v) is 5.32. The summed E-state index contributed by atoms with van der Waals surface area (Å²) in [6, 6.07) is 14.1. The van der Waals surface area contributed by atoms with Crippen LogP contribution in [0.2, 0.25) is 0 Å². The highest BCUT2D eigenvalue weighted by Crippen LogP contribution is 2.23. The van der Waals surface area contributed by atoms with E-state index in [4.69, 9.17) is 4.42 Å². The van der Waals surface area contributed by atoms with Crippen LogP contribution in [0.25, 0.3) is 0 Å². The van der Waals surface area contributed by atoms with Gasteiger partial charge in [-0.1, -0.05) is 44.2 Å². The maximum atomic E-state index is 12.4. The second-order valence-corrected chi connectivity index (χ2v) is 7.45. The fourth-order valence-electron chi connectivity index (χ4n) is 3.65. The zero-order valence-corrected chi connectivity index (χ0v) is 17.0. The topological polar surface area (TPSA) is 61.1 Å². The van der Waals surface area contributed by atoms with Crippen LogP contribution < -0.4 is 5.32 Å². The van der Waals surface area contributed by atoms with Gasteiger partial charge < -0.3 is 19.5 Å². The molecule has 0 spiro atoms. The molecule has 1 unspecified atom stereocenters. The molecule has 6 heteroatoms. The maximum Gasteiger partial charge on any atom is 0.289 e. The van der Waals surface area contributed by atoms with Crippen LogP contribution >= 0.6 is 0 Å². The molecule has 1 atom stereocenters. The lowest BCUT2D eigenvalue weighted by molar-refractivity contribution is 0.0657. The number of nitrogens with zero attached hydrogens (tertiary/aromatic N) is 3. The summed E-state index contributed by atoms with van der Waals surface area (Å²) in [6.45, 7) is 8.16. The Kier molecular flexibility index (Phi) is 6.74. The van der Waals surface area contributed by atoms with Gasteiger partial charge in [0.25, 0.3) is 5.91 Å². The number of furan rings is 1. The van der Waals surface area contributed by atoms with Crippen molar-refractivity contribution in [1.29, 1.82) is 0 Å². The summed E-state index contributed by atoms with van der Waals surface area (Å²) in [5.41, 5.74) is 1.34. The summed E-state index contributed by atoms with van der Waals surface area (Å²) in [4.78, 5) is 20.9. The van der Waals surface area contributed by atoms with Crippen molar-refractivity contribution in [2.75, 3.05) is 39.8 Å². The van der Waals surface area contributed by atoms with E-state index in [1.165, 1.54) is 11.8 Å². The average Bonchev–Trinajstić information content (AvgIpc) is 3.26. The molecule has 1 amide bonds. The summed E-state index contributed by atoms with van der Waals surface area (Å²) >= 11 is 0. The van der Waals surface area contributed by atoms with Crippen LogP contribution in [0.1, 0.15) is 35.9 Å². The second-order valence-electron chi connectivity index (χ2n) is 7.45. The maximum absolute atomic E-state index is 12.4. The molecule has 28 heavy (non-hydrogen) atoms. The molecule has 3 rings (SSSR count). The number of amides is 1. The lowest BCUT2D eigenvalue weighted by Gasteiger charge is -2.36. The van der Waals surface area contributed by atoms with Gasteiger partial charge in [-0.15, -0.1) is 0 Å². The molecule has 1 aliphatic rings. The molecule has 0 aliphatic carbocycles. The minimum Gasteiger partial charge on any atom is -0.459 e. The standard InChI is InChI=1S/C22H30N4O2/c1-17(2)19(18-8-5-4-6-9-18)16-24-22(23-3)26-13-11-25(12-14-26)21(27)20-10-7-15-28-20/h4-10,15,17,19H,11-14,16H2,1-3H3,(H,23,24). The van der Waals surface area contributed by atoms with Crippen molar-refractivity contribution < 1.29 is 9.21 Å². The number of rotatable bonds is 5. The van der Waals surface area contributed by atoms with Crippen molar-refractivity contribution in [2.45, 2.75) is 19.8 Å². The molecule has 0 saturated carbocycles. The van der Waals surface area contributed by atoms with Crippen LogP contribution in [0.15, 0.2) is 58.1 Å². The normalized spacial score (nSPS) is 16.4. The summed E-state index contributed by atoms with van der Waals surface area (Å²) in [7, 11) is 1.82. The minimum absolute atomic E-state index is 0.0449. The average molecular weight is 383 g/mol. The molecule has 1 aromatic heterocycles. The summed E-state index contributed by atoms with van der Waals surface area (Å²) in [6.07, 6.45) is 1.53. The van der Waals surface area contributed by atoms with E-state index in [0.717, 1.165) is 25.6 Å². The molecule has 0 bridgehead atoms. The molecule has 6 nitrogen and oxygen atoms in total. The van der Waals surface area contributed by atoms with Crippen molar-refractivity contribution in [1.82, 2.24) is 15.1 Å². The Labute approximate surface area is 167 Å². The van der Waals surface area contributed by atoms with Crippen LogP contribution in [0.5, 0.6) is 0 Å². The molecule has 2 aromatic rings. The Morgan fingerprint density at radius 1 is 1.07 bits per heavy atom. The Morgan fingerprint density at radius 2 is 1.75 bits per heavy atom. The third-order valence-electron chi connectivity index (χ3n) is 5.32. The van der Waals surface area contributed by atoms with Gasteiger partial charge in [0, 0.05) is 45.7 Å². The molecule has 1 N–H and O–H groups in total. The van der Waals surface area contributed by atoms with Crippen LogP contribution in [-0.4, -0.2) is 61.4 Å². The SMILES string of the molecule is CN=C(NCC(c1ccccc1)C(C)C)N1CCN(C(=O)c2ccco2)CC1. The van der Waals surface area contributed by atoms with E-state index in [2.05, 4.69) is 59.4 Å². The van der Waals surface area contributed by atoms with Gasteiger partial charge in [-0.05, 0) is 23.6 Å². The van der Waals surface area contributed by atoms with Gasteiger partial charge in [0.1, 0.15) is 0 Å². The zero-order chi connectivity index (χ0) is 19.9. The lowest BCUT2D eigenvalue weighted by atomic mass is 9.88. The van der Waals surface area contributed by atoms with Crippen LogP contribution in [0.4, 0.5) is 0 Å². The molecule has 0 radical (unpaired) electrons. The van der Waals surface area contributed by atoms with Gasteiger partial charge in [0.05, 0.1) is 6.26 Å². The third kappa shape index (κ3) is 4.74. The highest BCUT2D eigenvalue weighted by atomic mass is 16.3. The number of hydrogen-bond acceptors (Lipinski definition) is 3. The van der Waals surface area contributed by atoms with Gasteiger partial charge in [-0.2, -0.15) is 0 Å². The second kappa shape index (κ2) is 9.44. The van der Waals surface area contributed by atoms with Gasteiger partial charge in [-0.3, -0.25) is 9.79 Å². The number of aliphatic imine (C=N–C) groups is 1.